The van der Waals surface area contributed by atoms with Crippen molar-refractivity contribution in [3.8, 4) is 0 Å². The van der Waals surface area contributed by atoms with Crippen molar-refractivity contribution in [1.29, 1.82) is 0 Å². The van der Waals surface area contributed by atoms with E-state index in [0.717, 1.165) is 27.9 Å². The first-order valence-corrected chi connectivity index (χ1v) is 10.5. The summed E-state index contributed by atoms with van der Waals surface area (Å²) in [6.07, 6.45) is 5.04. The molecule has 1 fully saturated rings. The molecule has 148 valence electrons. The average molecular weight is 401 g/mol. The summed E-state index contributed by atoms with van der Waals surface area (Å²) in [6.45, 7) is 8.85. The number of aromatic nitrogens is 6. The Balaban J connectivity index is 1.50. The molecule has 9 nitrogen and oxygen atoms in total. The summed E-state index contributed by atoms with van der Waals surface area (Å²) in [7, 11) is -3.54. The van der Waals surface area contributed by atoms with Gasteiger partial charge in [0, 0.05) is 13.1 Å². The van der Waals surface area contributed by atoms with Crippen LogP contribution in [0.3, 0.4) is 0 Å². The SMILES string of the molecule is Cc1cc(C)c(C)c(S(=O)(=O)N2CC(n3cc(Cn4nccn4)nn3)C2)c1C. The fourth-order valence-corrected chi connectivity index (χ4v) is 5.60. The molecular formula is C18H23N7O2S. The minimum atomic E-state index is -3.54. The van der Waals surface area contributed by atoms with Crippen LogP contribution in [0.15, 0.2) is 29.6 Å². The molecule has 3 heterocycles. The van der Waals surface area contributed by atoms with Gasteiger partial charge in [0.05, 0.1) is 29.5 Å². The number of nitrogens with zero attached hydrogens (tertiary/aromatic N) is 7. The fraction of sp³-hybridized carbons (Fsp3) is 0.444. The van der Waals surface area contributed by atoms with E-state index in [1.54, 1.807) is 17.1 Å². The Morgan fingerprint density at radius 3 is 2.25 bits per heavy atom. The van der Waals surface area contributed by atoms with Crippen LogP contribution < -0.4 is 0 Å². The topological polar surface area (TPSA) is 98.8 Å². The fourth-order valence-electron chi connectivity index (χ4n) is 3.51. The zero-order valence-corrected chi connectivity index (χ0v) is 17.2. The zero-order valence-electron chi connectivity index (χ0n) is 16.4. The first-order valence-electron chi connectivity index (χ1n) is 9.09. The number of sulfonamides is 1. The second-order valence-corrected chi connectivity index (χ2v) is 9.19. The summed E-state index contributed by atoms with van der Waals surface area (Å²) in [5, 5.41) is 16.4. The van der Waals surface area contributed by atoms with Gasteiger partial charge in [-0.15, -0.1) is 5.10 Å². The van der Waals surface area contributed by atoms with Gasteiger partial charge in [0.15, 0.2) is 0 Å². The predicted molar refractivity (Wildman–Crippen MR) is 102 cm³/mol. The molecule has 0 saturated carbocycles. The van der Waals surface area contributed by atoms with Gasteiger partial charge >= 0.3 is 0 Å². The van der Waals surface area contributed by atoms with Gasteiger partial charge in [-0.2, -0.15) is 19.3 Å². The Morgan fingerprint density at radius 1 is 1.04 bits per heavy atom. The Bertz CT molecular complexity index is 1090. The summed E-state index contributed by atoms with van der Waals surface area (Å²) in [5.41, 5.74) is 4.36. The Hall–Kier alpha value is -2.59. The Kier molecular flexibility index (Phi) is 4.54. The number of hydrogen-bond acceptors (Lipinski definition) is 6. The van der Waals surface area contributed by atoms with Crippen LogP contribution in [0, 0.1) is 27.7 Å². The lowest BCUT2D eigenvalue weighted by Crippen LogP contribution is -2.51. The highest BCUT2D eigenvalue weighted by atomic mass is 32.2. The smallest absolute Gasteiger partial charge is 0.243 e. The minimum absolute atomic E-state index is 0.0203. The highest BCUT2D eigenvalue weighted by molar-refractivity contribution is 7.89. The molecule has 3 aromatic rings. The maximum Gasteiger partial charge on any atom is 0.243 e. The van der Waals surface area contributed by atoms with Crippen molar-refractivity contribution in [2.24, 2.45) is 0 Å². The normalized spacial score (nSPS) is 15.7. The molecule has 28 heavy (non-hydrogen) atoms. The van der Waals surface area contributed by atoms with Crippen LogP contribution in [0.4, 0.5) is 0 Å². The first kappa shape index (κ1) is 18.8. The zero-order chi connectivity index (χ0) is 20.1. The van der Waals surface area contributed by atoms with Crippen molar-refractivity contribution < 1.29 is 8.42 Å². The van der Waals surface area contributed by atoms with E-state index in [0.29, 0.717) is 24.5 Å². The lowest BCUT2D eigenvalue weighted by molar-refractivity contribution is 0.188. The molecule has 1 aliphatic heterocycles. The largest absolute Gasteiger partial charge is 0.246 e. The number of rotatable bonds is 5. The number of hydrogen-bond donors (Lipinski definition) is 0. The third kappa shape index (κ3) is 3.12. The molecule has 10 heteroatoms. The Labute approximate surface area is 164 Å². The molecular weight excluding hydrogens is 378 g/mol. The van der Waals surface area contributed by atoms with Gasteiger partial charge in [0.2, 0.25) is 10.0 Å². The summed E-state index contributed by atoms with van der Waals surface area (Å²) in [5.74, 6) is 0. The van der Waals surface area contributed by atoms with Crippen molar-refractivity contribution in [2.45, 2.75) is 45.2 Å². The van der Waals surface area contributed by atoms with Gasteiger partial charge in [-0.25, -0.2) is 13.1 Å². The average Bonchev–Trinajstić information content (AvgIpc) is 3.24. The van der Waals surface area contributed by atoms with Crippen LogP contribution in [-0.4, -0.2) is 55.8 Å². The molecule has 2 aromatic heterocycles. The molecule has 1 saturated heterocycles. The molecule has 0 aliphatic carbocycles. The molecule has 0 N–H and O–H groups in total. The van der Waals surface area contributed by atoms with Crippen molar-refractivity contribution in [1.82, 2.24) is 34.3 Å². The molecule has 0 atom stereocenters. The number of aryl methyl sites for hydroxylation is 2. The third-order valence-electron chi connectivity index (χ3n) is 5.43. The van der Waals surface area contributed by atoms with Crippen molar-refractivity contribution in [3.63, 3.8) is 0 Å². The quantitative estimate of drug-likeness (QED) is 0.641. The Morgan fingerprint density at radius 2 is 1.64 bits per heavy atom. The van der Waals surface area contributed by atoms with Crippen LogP contribution >= 0.6 is 0 Å². The highest BCUT2D eigenvalue weighted by Gasteiger charge is 2.40. The lowest BCUT2D eigenvalue weighted by Gasteiger charge is -2.38. The summed E-state index contributed by atoms with van der Waals surface area (Å²) in [4.78, 5) is 1.96. The van der Waals surface area contributed by atoms with Gasteiger partial charge in [-0.05, 0) is 49.9 Å². The molecule has 1 aromatic carbocycles. The monoisotopic (exact) mass is 401 g/mol. The maximum atomic E-state index is 13.2. The van der Waals surface area contributed by atoms with E-state index in [-0.39, 0.29) is 6.04 Å². The van der Waals surface area contributed by atoms with Crippen molar-refractivity contribution in [2.75, 3.05) is 13.1 Å². The molecule has 0 bridgehead atoms. The number of benzene rings is 1. The van der Waals surface area contributed by atoms with Crippen LogP contribution in [0.25, 0.3) is 0 Å². The van der Waals surface area contributed by atoms with E-state index in [4.69, 9.17) is 0 Å². The minimum Gasteiger partial charge on any atom is -0.246 e. The third-order valence-corrected chi connectivity index (χ3v) is 7.53. The van der Waals surface area contributed by atoms with Crippen molar-refractivity contribution in [3.05, 3.63) is 52.6 Å². The summed E-state index contributed by atoms with van der Waals surface area (Å²) in [6, 6.07) is 2.02. The molecule has 0 amide bonds. The van der Waals surface area contributed by atoms with Crippen molar-refractivity contribution >= 4 is 10.0 Å². The van der Waals surface area contributed by atoms with E-state index in [2.05, 4.69) is 20.5 Å². The van der Waals surface area contributed by atoms with E-state index in [1.807, 2.05) is 40.0 Å². The van der Waals surface area contributed by atoms with Gasteiger partial charge in [0.1, 0.15) is 12.2 Å². The van der Waals surface area contributed by atoms with Gasteiger partial charge in [-0.1, -0.05) is 11.3 Å². The van der Waals surface area contributed by atoms with E-state index < -0.39 is 10.0 Å². The molecule has 0 radical (unpaired) electrons. The maximum absolute atomic E-state index is 13.2. The van der Waals surface area contributed by atoms with E-state index >= 15 is 0 Å². The molecule has 4 rings (SSSR count). The van der Waals surface area contributed by atoms with E-state index in [9.17, 15) is 8.42 Å². The standard InChI is InChI=1S/C18H23N7O2S/c1-12-7-13(2)15(4)18(14(12)3)28(26,27)23-10-17(11-23)24-8-16(21-22-24)9-25-19-5-6-20-25/h5-8,17H,9-11H2,1-4H3. The van der Waals surface area contributed by atoms with Crippen LogP contribution in [0.1, 0.15) is 34.0 Å². The van der Waals surface area contributed by atoms with Crippen LogP contribution in [0.2, 0.25) is 0 Å². The predicted octanol–water partition coefficient (Wildman–Crippen LogP) is 1.40. The first-order chi connectivity index (χ1) is 13.3. The van der Waals surface area contributed by atoms with Gasteiger partial charge in [-0.3, -0.25) is 0 Å². The molecule has 1 aliphatic rings. The lowest BCUT2D eigenvalue weighted by atomic mass is 10.0. The van der Waals surface area contributed by atoms with E-state index in [1.165, 1.54) is 9.10 Å². The second-order valence-electron chi connectivity index (χ2n) is 7.31. The van der Waals surface area contributed by atoms with Crippen LogP contribution in [0.5, 0.6) is 0 Å². The molecule has 0 unspecified atom stereocenters. The molecule has 0 spiro atoms. The highest BCUT2D eigenvalue weighted by Crippen LogP contribution is 2.33. The second kappa shape index (κ2) is 6.78. The van der Waals surface area contributed by atoms with Crippen LogP contribution in [-0.2, 0) is 16.6 Å². The summed E-state index contributed by atoms with van der Waals surface area (Å²) < 4.78 is 29.7. The van der Waals surface area contributed by atoms with Gasteiger partial charge in [0.25, 0.3) is 0 Å². The van der Waals surface area contributed by atoms with Gasteiger partial charge < -0.3 is 0 Å². The summed E-state index contributed by atoms with van der Waals surface area (Å²) >= 11 is 0.